The average molecular weight is 231 g/mol. The van der Waals surface area contributed by atoms with E-state index in [1.165, 1.54) is 12.1 Å². The number of nitrogens with zero attached hydrogens (tertiary/aromatic N) is 1. The molecule has 0 saturated heterocycles. The van der Waals surface area contributed by atoms with Crippen LogP contribution >= 0.6 is 0 Å². The molecule has 0 radical (unpaired) electrons. The molecule has 4 heteroatoms. The maximum absolute atomic E-state index is 13.1. The fraction of sp³-hybridized carbons (Fsp3) is 0.0769. The molecule has 0 atom stereocenters. The topological polar surface area (TPSA) is 39.2 Å². The minimum absolute atomic E-state index is 0.236. The van der Waals surface area contributed by atoms with Crippen LogP contribution in [0, 0.1) is 12.7 Å². The van der Waals surface area contributed by atoms with Crippen molar-refractivity contribution in [1.29, 1.82) is 0 Å². The third-order valence-electron chi connectivity index (χ3n) is 2.15. The molecule has 0 amide bonds. The lowest BCUT2D eigenvalue weighted by atomic mass is 10.2. The number of pyridine rings is 1. The second-order valence-corrected chi connectivity index (χ2v) is 3.58. The molecule has 0 aliphatic carbocycles. The first-order valence-corrected chi connectivity index (χ1v) is 5.03. The molecule has 1 aromatic heterocycles. The summed E-state index contributed by atoms with van der Waals surface area (Å²) in [7, 11) is 0. The second-order valence-electron chi connectivity index (χ2n) is 3.58. The molecule has 2 rings (SSSR count). The normalized spacial score (nSPS) is 10.0. The molecular formula is C13H10FNO2. The molecule has 1 aromatic carbocycles. The van der Waals surface area contributed by atoms with E-state index < -0.39 is 5.82 Å². The summed E-state index contributed by atoms with van der Waals surface area (Å²) in [6.07, 6.45) is 2.12. The van der Waals surface area contributed by atoms with Gasteiger partial charge in [-0.3, -0.25) is 9.78 Å². The Morgan fingerprint density at radius 2 is 2.06 bits per heavy atom. The van der Waals surface area contributed by atoms with Crippen molar-refractivity contribution >= 4 is 6.29 Å². The van der Waals surface area contributed by atoms with Gasteiger partial charge in [0.05, 0.1) is 6.20 Å². The molecule has 0 unspecified atom stereocenters. The second kappa shape index (κ2) is 4.74. The third-order valence-corrected chi connectivity index (χ3v) is 2.15. The van der Waals surface area contributed by atoms with Crippen LogP contribution in [0.4, 0.5) is 4.39 Å². The van der Waals surface area contributed by atoms with Gasteiger partial charge in [-0.05, 0) is 31.2 Å². The minimum atomic E-state index is -0.510. The Kier molecular flexibility index (Phi) is 3.14. The zero-order valence-electron chi connectivity index (χ0n) is 9.18. The van der Waals surface area contributed by atoms with Gasteiger partial charge < -0.3 is 4.74 Å². The van der Waals surface area contributed by atoms with Crippen molar-refractivity contribution in [1.82, 2.24) is 4.98 Å². The summed E-state index contributed by atoms with van der Waals surface area (Å²) in [4.78, 5) is 14.6. The van der Waals surface area contributed by atoms with Crippen LogP contribution in [-0.4, -0.2) is 11.3 Å². The number of halogens is 1. The van der Waals surface area contributed by atoms with E-state index in [1.807, 2.05) is 6.92 Å². The predicted octanol–water partition coefficient (Wildman–Crippen LogP) is 3.13. The molecule has 0 bridgehead atoms. The summed E-state index contributed by atoms with van der Waals surface area (Å²) in [5.41, 5.74) is 1.10. The van der Waals surface area contributed by atoms with Crippen molar-refractivity contribution < 1.29 is 13.9 Å². The molecule has 0 aliphatic heterocycles. The van der Waals surface area contributed by atoms with Gasteiger partial charge in [-0.15, -0.1) is 0 Å². The minimum Gasteiger partial charge on any atom is -0.456 e. The van der Waals surface area contributed by atoms with Crippen molar-refractivity contribution in [2.24, 2.45) is 0 Å². The molecular weight excluding hydrogens is 221 g/mol. The first-order chi connectivity index (χ1) is 8.17. The fourth-order valence-corrected chi connectivity index (χ4v) is 1.36. The molecule has 0 spiro atoms. The maximum Gasteiger partial charge on any atom is 0.150 e. The number of rotatable bonds is 3. The molecule has 0 saturated carbocycles. The van der Waals surface area contributed by atoms with Gasteiger partial charge in [-0.25, -0.2) is 4.39 Å². The van der Waals surface area contributed by atoms with Crippen molar-refractivity contribution in [3.63, 3.8) is 0 Å². The van der Waals surface area contributed by atoms with Crippen LogP contribution in [0.5, 0.6) is 11.5 Å². The van der Waals surface area contributed by atoms with Gasteiger partial charge in [0.2, 0.25) is 0 Å². The highest BCUT2D eigenvalue weighted by Gasteiger charge is 2.03. The lowest BCUT2D eigenvalue weighted by molar-refractivity contribution is 0.112. The van der Waals surface area contributed by atoms with E-state index in [0.717, 1.165) is 11.8 Å². The summed E-state index contributed by atoms with van der Waals surface area (Å²) in [6, 6.07) is 7.35. The number of aromatic nitrogens is 1. The number of benzene rings is 1. The van der Waals surface area contributed by atoms with Crippen molar-refractivity contribution in [3.8, 4) is 11.5 Å². The van der Waals surface area contributed by atoms with Crippen molar-refractivity contribution in [3.05, 3.63) is 53.6 Å². The highest BCUT2D eigenvalue weighted by molar-refractivity contribution is 5.75. The highest BCUT2D eigenvalue weighted by Crippen LogP contribution is 2.22. The summed E-state index contributed by atoms with van der Waals surface area (Å²) >= 11 is 0. The number of carbonyl (C=O) groups is 1. The van der Waals surface area contributed by atoms with Crippen LogP contribution < -0.4 is 4.74 Å². The fourth-order valence-electron chi connectivity index (χ4n) is 1.36. The van der Waals surface area contributed by atoms with Crippen LogP contribution in [-0.2, 0) is 0 Å². The van der Waals surface area contributed by atoms with E-state index in [0.29, 0.717) is 12.0 Å². The van der Waals surface area contributed by atoms with Gasteiger partial charge in [-0.1, -0.05) is 0 Å². The molecule has 0 aliphatic rings. The lowest BCUT2D eigenvalue weighted by Gasteiger charge is -2.06. The Balaban J connectivity index is 2.26. The van der Waals surface area contributed by atoms with Gasteiger partial charge in [0, 0.05) is 17.3 Å². The van der Waals surface area contributed by atoms with E-state index in [-0.39, 0.29) is 11.3 Å². The summed E-state index contributed by atoms with van der Waals surface area (Å²) < 4.78 is 18.5. The van der Waals surface area contributed by atoms with Crippen LogP contribution in [0.2, 0.25) is 0 Å². The molecule has 17 heavy (non-hydrogen) atoms. The molecule has 1 heterocycles. The van der Waals surface area contributed by atoms with Gasteiger partial charge in [0.1, 0.15) is 23.6 Å². The first-order valence-electron chi connectivity index (χ1n) is 5.03. The number of aryl methyl sites for hydroxylation is 1. The Bertz CT molecular complexity index is 538. The molecule has 0 N–H and O–H groups in total. The van der Waals surface area contributed by atoms with E-state index in [2.05, 4.69) is 4.98 Å². The number of ether oxygens (including phenoxy) is 1. The molecule has 3 nitrogen and oxygen atoms in total. The smallest absolute Gasteiger partial charge is 0.150 e. The van der Waals surface area contributed by atoms with E-state index in [1.54, 1.807) is 18.3 Å². The van der Waals surface area contributed by atoms with Gasteiger partial charge in [-0.2, -0.15) is 0 Å². The van der Waals surface area contributed by atoms with E-state index in [4.69, 9.17) is 4.74 Å². The van der Waals surface area contributed by atoms with Crippen LogP contribution in [0.15, 0.2) is 36.5 Å². The Hall–Kier alpha value is -2.23. The van der Waals surface area contributed by atoms with Crippen LogP contribution in [0.1, 0.15) is 16.1 Å². The van der Waals surface area contributed by atoms with E-state index in [9.17, 15) is 9.18 Å². The number of hydrogen-bond donors (Lipinski definition) is 0. The molecule has 86 valence electrons. The summed E-state index contributed by atoms with van der Waals surface area (Å²) in [6.45, 7) is 1.86. The Labute approximate surface area is 97.9 Å². The number of carbonyl (C=O) groups excluding carboxylic acids is 1. The van der Waals surface area contributed by atoms with Gasteiger partial charge in [0.15, 0.2) is 0 Å². The lowest BCUT2D eigenvalue weighted by Crippen LogP contribution is -1.90. The first kappa shape index (κ1) is 11.3. The van der Waals surface area contributed by atoms with Crippen LogP contribution in [0.25, 0.3) is 0 Å². The van der Waals surface area contributed by atoms with Gasteiger partial charge in [0.25, 0.3) is 0 Å². The quantitative estimate of drug-likeness (QED) is 0.762. The Morgan fingerprint density at radius 3 is 2.71 bits per heavy atom. The third kappa shape index (κ3) is 2.87. The number of aldehydes is 1. The zero-order valence-corrected chi connectivity index (χ0v) is 9.18. The number of hydrogen-bond acceptors (Lipinski definition) is 3. The van der Waals surface area contributed by atoms with Crippen molar-refractivity contribution in [2.45, 2.75) is 6.92 Å². The zero-order chi connectivity index (χ0) is 12.3. The maximum atomic E-state index is 13.1. The van der Waals surface area contributed by atoms with Crippen LogP contribution in [0.3, 0.4) is 0 Å². The van der Waals surface area contributed by atoms with Gasteiger partial charge >= 0.3 is 0 Å². The predicted molar refractivity (Wildman–Crippen MR) is 60.8 cm³/mol. The summed E-state index contributed by atoms with van der Waals surface area (Å²) in [5, 5.41) is 0. The summed E-state index contributed by atoms with van der Waals surface area (Å²) in [5.74, 6) is 0.264. The Morgan fingerprint density at radius 1 is 1.24 bits per heavy atom. The monoisotopic (exact) mass is 231 g/mol. The standard InChI is InChI=1S/C13H10FNO2/c1-9-2-3-12(7-15-9)17-13-5-10(8-16)4-11(14)6-13/h2-8H,1H3. The van der Waals surface area contributed by atoms with Crippen molar-refractivity contribution in [2.75, 3.05) is 0 Å². The molecule has 2 aromatic rings. The van der Waals surface area contributed by atoms with E-state index >= 15 is 0 Å². The SMILES string of the molecule is Cc1ccc(Oc2cc(F)cc(C=O)c2)cn1. The average Bonchev–Trinajstić information content (AvgIpc) is 2.31. The highest BCUT2D eigenvalue weighted by atomic mass is 19.1. The molecule has 0 fully saturated rings. The largest absolute Gasteiger partial charge is 0.456 e.